The van der Waals surface area contributed by atoms with Crippen molar-refractivity contribution in [2.24, 2.45) is 0 Å². The van der Waals surface area contributed by atoms with Crippen molar-refractivity contribution >= 4 is 28.9 Å². The lowest BCUT2D eigenvalue weighted by Crippen LogP contribution is -2.22. The normalized spacial score (nSPS) is 15.1. The summed E-state index contributed by atoms with van der Waals surface area (Å²) < 4.78 is 25.3. The van der Waals surface area contributed by atoms with Gasteiger partial charge in [-0.25, -0.2) is 9.18 Å². The highest BCUT2D eigenvalue weighted by molar-refractivity contribution is 7.15. The van der Waals surface area contributed by atoms with E-state index in [1.807, 2.05) is 26.0 Å². The fraction of sp³-hybridized carbons (Fsp3) is 0.250. The summed E-state index contributed by atoms with van der Waals surface area (Å²) in [4.78, 5) is 25.5. The predicted octanol–water partition coefficient (Wildman–Crippen LogP) is 5.52. The molecule has 8 heteroatoms. The summed E-state index contributed by atoms with van der Waals surface area (Å²) in [6.45, 7) is 4.69. The lowest BCUT2D eigenvalue weighted by molar-refractivity contribution is -0.116. The van der Waals surface area contributed by atoms with Crippen LogP contribution in [0.5, 0.6) is 11.5 Å². The Kier molecular flexibility index (Phi) is 6.14. The first-order valence-electron chi connectivity index (χ1n) is 10.3. The van der Waals surface area contributed by atoms with Gasteiger partial charge in [0.25, 0.3) is 0 Å². The van der Waals surface area contributed by atoms with Crippen LogP contribution >= 0.6 is 11.3 Å². The number of carbonyl (C=O) groups is 2. The second kappa shape index (κ2) is 9.00. The van der Waals surface area contributed by atoms with Crippen LogP contribution in [0.15, 0.2) is 42.5 Å². The number of carboxylic acid groups (broad SMARTS) is 1. The van der Waals surface area contributed by atoms with Crippen molar-refractivity contribution in [1.29, 1.82) is 0 Å². The van der Waals surface area contributed by atoms with E-state index in [0.29, 0.717) is 46.4 Å². The molecular weight excluding hydrogens is 433 g/mol. The van der Waals surface area contributed by atoms with E-state index in [0.717, 1.165) is 16.9 Å². The molecule has 0 spiro atoms. The molecule has 2 heterocycles. The van der Waals surface area contributed by atoms with Crippen LogP contribution < -0.4 is 14.8 Å². The summed E-state index contributed by atoms with van der Waals surface area (Å²) in [6, 6.07) is 11.2. The highest BCUT2D eigenvalue weighted by Crippen LogP contribution is 2.50. The summed E-state index contributed by atoms with van der Waals surface area (Å²) >= 11 is 1.10. The number of thiophene rings is 1. The van der Waals surface area contributed by atoms with E-state index in [9.17, 15) is 19.1 Å². The van der Waals surface area contributed by atoms with Crippen molar-refractivity contribution in [2.75, 3.05) is 18.5 Å². The quantitative estimate of drug-likeness (QED) is 0.490. The molecule has 4 rings (SSSR count). The third-order valence-corrected chi connectivity index (χ3v) is 6.47. The molecule has 1 aromatic heterocycles. The smallest absolute Gasteiger partial charge is 0.346 e. The number of rotatable bonds is 7. The number of nitrogens with one attached hydrogen (secondary N) is 1. The largest absolute Gasteiger partial charge is 0.490 e. The number of hydrogen-bond donors (Lipinski definition) is 2. The van der Waals surface area contributed by atoms with Gasteiger partial charge >= 0.3 is 5.97 Å². The van der Waals surface area contributed by atoms with E-state index in [1.165, 1.54) is 18.2 Å². The average molecular weight is 456 g/mol. The van der Waals surface area contributed by atoms with Crippen LogP contribution in [0.2, 0.25) is 0 Å². The fourth-order valence-electron chi connectivity index (χ4n) is 3.91. The Labute approximate surface area is 188 Å². The van der Waals surface area contributed by atoms with Crippen LogP contribution in [0, 0.1) is 5.82 Å². The Bertz CT molecular complexity index is 1190. The van der Waals surface area contributed by atoms with Gasteiger partial charge in [0.2, 0.25) is 5.91 Å². The first kappa shape index (κ1) is 21.8. The molecule has 2 N–H and O–H groups in total. The number of ether oxygens (including phenoxy) is 2. The Hall–Kier alpha value is -3.39. The van der Waals surface area contributed by atoms with Gasteiger partial charge in [0.15, 0.2) is 11.5 Å². The molecule has 166 valence electrons. The first-order chi connectivity index (χ1) is 15.4. The number of carboxylic acids is 1. The molecule has 0 radical (unpaired) electrons. The first-order valence-corrected chi connectivity index (χ1v) is 11.1. The third-order valence-electron chi connectivity index (χ3n) is 5.18. The highest BCUT2D eigenvalue weighted by Gasteiger charge is 2.35. The second-order valence-corrected chi connectivity index (χ2v) is 8.29. The molecule has 1 unspecified atom stereocenters. The molecule has 6 nitrogen and oxygen atoms in total. The third kappa shape index (κ3) is 4.05. The molecular formula is C24H22FNO5S. The second-order valence-electron chi connectivity index (χ2n) is 7.24. The number of aromatic carboxylic acids is 1. The van der Waals surface area contributed by atoms with Gasteiger partial charge in [0, 0.05) is 22.8 Å². The summed E-state index contributed by atoms with van der Waals surface area (Å²) in [5.74, 6) is -1.03. The van der Waals surface area contributed by atoms with Gasteiger partial charge in [-0.3, -0.25) is 4.79 Å². The minimum absolute atomic E-state index is 0.0590. The maximum Gasteiger partial charge on any atom is 0.346 e. The van der Waals surface area contributed by atoms with E-state index in [-0.39, 0.29) is 23.1 Å². The summed E-state index contributed by atoms with van der Waals surface area (Å²) in [5, 5.41) is 12.7. The van der Waals surface area contributed by atoms with Crippen molar-refractivity contribution in [3.8, 4) is 22.6 Å². The number of benzene rings is 2. The number of carbonyl (C=O) groups excluding carboxylic acids is 1. The van der Waals surface area contributed by atoms with Crippen molar-refractivity contribution in [3.05, 3.63) is 63.6 Å². The standard InChI is InChI=1S/C24H22FNO5S/c1-3-30-17-9-8-13(11-18(17)31-4-2)16-12-19(27)26-21-20(14-6-5-7-15(25)10-14)23(24(28)29)32-22(16)21/h5-11,16H,3-4,12H2,1-2H3,(H,26,27)(H,28,29). The van der Waals surface area contributed by atoms with Crippen LogP contribution in [0.3, 0.4) is 0 Å². The Balaban J connectivity index is 1.87. The van der Waals surface area contributed by atoms with E-state index >= 15 is 0 Å². The van der Waals surface area contributed by atoms with Gasteiger partial charge in [-0.15, -0.1) is 11.3 Å². The van der Waals surface area contributed by atoms with Gasteiger partial charge < -0.3 is 19.9 Å². The molecule has 2 aromatic carbocycles. The molecule has 0 saturated heterocycles. The maximum absolute atomic E-state index is 13.9. The van der Waals surface area contributed by atoms with Gasteiger partial charge in [-0.2, -0.15) is 0 Å². The van der Waals surface area contributed by atoms with Crippen LogP contribution in [0.1, 0.15) is 46.3 Å². The molecule has 1 atom stereocenters. The monoisotopic (exact) mass is 455 g/mol. The number of amides is 1. The van der Waals surface area contributed by atoms with E-state index in [1.54, 1.807) is 12.1 Å². The fourth-order valence-corrected chi connectivity index (χ4v) is 5.16. The molecule has 0 bridgehead atoms. The van der Waals surface area contributed by atoms with Crippen molar-refractivity contribution in [2.45, 2.75) is 26.2 Å². The van der Waals surface area contributed by atoms with Crippen LogP contribution in [0.4, 0.5) is 10.1 Å². The van der Waals surface area contributed by atoms with Gasteiger partial charge in [-0.05, 0) is 49.2 Å². The summed E-state index contributed by atoms with van der Waals surface area (Å²) in [7, 11) is 0. The number of fused-ring (bicyclic) bond motifs is 1. The highest BCUT2D eigenvalue weighted by atomic mass is 32.1. The average Bonchev–Trinajstić information content (AvgIpc) is 3.14. The number of halogens is 1. The van der Waals surface area contributed by atoms with E-state index in [2.05, 4.69) is 5.32 Å². The number of anilines is 1. The zero-order valence-corrected chi connectivity index (χ0v) is 18.4. The molecule has 0 fully saturated rings. The van der Waals surface area contributed by atoms with E-state index in [4.69, 9.17) is 9.47 Å². The van der Waals surface area contributed by atoms with Crippen LogP contribution in [0.25, 0.3) is 11.1 Å². The van der Waals surface area contributed by atoms with Crippen molar-refractivity contribution in [3.63, 3.8) is 0 Å². The predicted molar refractivity (Wildman–Crippen MR) is 121 cm³/mol. The molecule has 1 aliphatic rings. The van der Waals surface area contributed by atoms with Crippen LogP contribution in [-0.2, 0) is 4.79 Å². The topological polar surface area (TPSA) is 84.9 Å². The van der Waals surface area contributed by atoms with Crippen molar-refractivity contribution in [1.82, 2.24) is 0 Å². The zero-order valence-electron chi connectivity index (χ0n) is 17.6. The summed E-state index contributed by atoms with van der Waals surface area (Å²) in [6.07, 6.45) is 0.161. The molecule has 0 saturated carbocycles. The molecule has 1 amide bonds. The molecule has 3 aromatic rings. The Morgan fingerprint density at radius 1 is 1.16 bits per heavy atom. The van der Waals surface area contributed by atoms with Gasteiger partial charge in [0.05, 0.1) is 18.9 Å². The van der Waals surface area contributed by atoms with Crippen molar-refractivity contribution < 1.29 is 28.6 Å². The molecule has 0 aliphatic carbocycles. The minimum atomic E-state index is -1.13. The SMILES string of the molecule is CCOc1ccc(C2CC(=O)Nc3c2sc(C(=O)O)c3-c2cccc(F)c2)cc1OCC. The minimum Gasteiger partial charge on any atom is -0.490 e. The zero-order chi connectivity index (χ0) is 22.8. The van der Waals surface area contributed by atoms with Crippen LogP contribution in [-0.4, -0.2) is 30.2 Å². The molecule has 32 heavy (non-hydrogen) atoms. The lowest BCUT2D eigenvalue weighted by atomic mass is 9.88. The maximum atomic E-state index is 13.9. The van der Waals surface area contributed by atoms with E-state index < -0.39 is 11.8 Å². The number of hydrogen-bond acceptors (Lipinski definition) is 5. The summed E-state index contributed by atoms with van der Waals surface area (Å²) in [5.41, 5.74) is 1.97. The molecule has 1 aliphatic heterocycles. The van der Waals surface area contributed by atoms with Gasteiger partial charge in [-0.1, -0.05) is 18.2 Å². The van der Waals surface area contributed by atoms with Gasteiger partial charge in [0.1, 0.15) is 10.7 Å². The Morgan fingerprint density at radius 3 is 2.59 bits per heavy atom. The Morgan fingerprint density at radius 2 is 1.91 bits per heavy atom. The lowest BCUT2D eigenvalue weighted by Gasteiger charge is -2.24.